The standard InChI is InChI=1S/C20H18F3N3O/c21-20(22,23)18-4-2-1-3-16(18)9-10-25-19(27)17-7-5-15(6-8-17)13-26-12-11-24-14-26/h1-8,11-12,14H,9-10,13H2,(H,25,27). The van der Waals surface area contributed by atoms with E-state index in [2.05, 4.69) is 10.3 Å². The van der Waals surface area contributed by atoms with Crippen molar-refractivity contribution < 1.29 is 18.0 Å². The Bertz CT molecular complexity index is 888. The quantitative estimate of drug-likeness (QED) is 0.712. The normalized spacial score (nSPS) is 11.4. The number of carbonyl (C=O) groups is 1. The van der Waals surface area contributed by atoms with Crippen molar-refractivity contribution in [2.45, 2.75) is 19.1 Å². The van der Waals surface area contributed by atoms with Crippen LogP contribution in [0.1, 0.15) is 27.0 Å². The SMILES string of the molecule is O=C(NCCc1ccccc1C(F)(F)F)c1ccc(Cn2ccnc2)cc1. The number of hydrogen-bond acceptors (Lipinski definition) is 2. The van der Waals surface area contributed by atoms with E-state index in [1.807, 2.05) is 22.9 Å². The number of carbonyl (C=O) groups excluding carboxylic acids is 1. The lowest BCUT2D eigenvalue weighted by atomic mass is 10.0. The van der Waals surface area contributed by atoms with Crippen molar-refractivity contribution >= 4 is 5.91 Å². The van der Waals surface area contributed by atoms with E-state index in [-0.39, 0.29) is 24.4 Å². The van der Waals surface area contributed by atoms with E-state index in [4.69, 9.17) is 0 Å². The first-order chi connectivity index (χ1) is 12.9. The van der Waals surface area contributed by atoms with Crippen molar-refractivity contribution in [1.82, 2.24) is 14.9 Å². The maximum atomic E-state index is 13.0. The van der Waals surface area contributed by atoms with Crippen LogP contribution < -0.4 is 5.32 Å². The summed E-state index contributed by atoms with van der Waals surface area (Å²) in [5.74, 6) is -0.311. The molecule has 0 saturated heterocycles. The smallest absolute Gasteiger partial charge is 0.352 e. The first-order valence-corrected chi connectivity index (χ1v) is 8.41. The van der Waals surface area contributed by atoms with Crippen LogP contribution >= 0.6 is 0 Å². The largest absolute Gasteiger partial charge is 0.416 e. The van der Waals surface area contributed by atoms with Gasteiger partial charge in [-0.2, -0.15) is 13.2 Å². The topological polar surface area (TPSA) is 46.9 Å². The van der Waals surface area contributed by atoms with Crippen molar-refractivity contribution in [3.05, 3.63) is 89.5 Å². The molecule has 0 atom stereocenters. The third-order valence-corrected chi connectivity index (χ3v) is 4.14. The zero-order valence-electron chi connectivity index (χ0n) is 14.4. The second kappa shape index (κ2) is 8.07. The number of amides is 1. The second-order valence-corrected chi connectivity index (χ2v) is 6.09. The predicted octanol–water partition coefficient (Wildman–Crippen LogP) is 3.92. The minimum Gasteiger partial charge on any atom is -0.352 e. The molecule has 7 heteroatoms. The van der Waals surface area contributed by atoms with Crippen molar-refractivity contribution in [1.29, 1.82) is 0 Å². The molecule has 0 fully saturated rings. The summed E-state index contributed by atoms with van der Waals surface area (Å²) in [5.41, 5.74) is 0.987. The number of rotatable bonds is 6. The number of nitrogens with zero attached hydrogens (tertiary/aromatic N) is 2. The lowest BCUT2D eigenvalue weighted by Gasteiger charge is -2.13. The highest BCUT2D eigenvalue weighted by Gasteiger charge is 2.32. The molecule has 0 unspecified atom stereocenters. The number of hydrogen-bond donors (Lipinski definition) is 1. The lowest BCUT2D eigenvalue weighted by molar-refractivity contribution is -0.138. The molecule has 1 aromatic heterocycles. The van der Waals surface area contributed by atoms with Crippen LogP contribution in [0.15, 0.2) is 67.3 Å². The van der Waals surface area contributed by atoms with E-state index >= 15 is 0 Å². The summed E-state index contributed by atoms with van der Waals surface area (Å²) in [7, 11) is 0. The van der Waals surface area contributed by atoms with Crippen LogP contribution in [0.25, 0.3) is 0 Å². The molecule has 3 aromatic rings. The van der Waals surface area contributed by atoms with Gasteiger partial charge in [0.2, 0.25) is 0 Å². The van der Waals surface area contributed by atoms with Crippen LogP contribution in [0.4, 0.5) is 13.2 Å². The third-order valence-electron chi connectivity index (χ3n) is 4.14. The van der Waals surface area contributed by atoms with E-state index < -0.39 is 11.7 Å². The summed E-state index contributed by atoms with van der Waals surface area (Å²) in [6, 6.07) is 12.5. The molecule has 0 saturated carbocycles. The van der Waals surface area contributed by atoms with Crippen molar-refractivity contribution in [3.63, 3.8) is 0 Å². The first-order valence-electron chi connectivity index (χ1n) is 8.41. The maximum absolute atomic E-state index is 13.0. The molecule has 1 heterocycles. The zero-order chi connectivity index (χ0) is 19.3. The highest BCUT2D eigenvalue weighted by molar-refractivity contribution is 5.94. The molecule has 0 aliphatic heterocycles. The minimum absolute atomic E-state index is 0.111. The molecular formula is C20H18F3N3O. The molecule has 2 aromatic carbocycles. The minimum atomic E-state index is -4.40. The summed E-state index contributed by atoms with van der Waals surface area (Å²) in [4.78, 5) is 16.2. The highest BCUT2D eigenvalue weighted by Crippen LogP contribution is 2.31. The monoisotopic (exact) mass is 373 g/mol. The second-order valence-electron chi connectivity index (χ2n) is 6.09. The summed E-state index contributed by atoms with van der Waals surface area (Å²) >= 11 is 0. The van der Waals surface area contributed by atoms with Gasteiger partial charge in [0.25, 0.3) is 5.91 Å². The van der Waals surface area contributed by atoms with E-state index in [0.29, 0.717) is 12.1 Å². The molecule has 0 radical (unpaired) electrons. The van der Waals surface area contributed by atoms with Crippen LogP contribution in [-0.4, -0.2) is 22.0 Å². The van der Waals surface area contributed by atoms with Gasteiger partial charge in [-0.05, 0) is 35.7 Å². The molecule has 1 N–H and O–H groups in total. The van der Waals surface area contributed by atoms with Gasteiger partial charge in [-0.1, -0.05) is 30.3 Å². The molecule has 140 valence electrons. The summed E-state index contributed by atoms with van der Waals surface area (Å²) in [5, 5.41) is 2.67. The van der Waals surface area contributed by atoms with Gasteiger partial charge in [0, 0.05) is 31.0 Å². The number of imidazole rings is 1. The highest BCUT2D eigenvalue weighted by atomic mass is 19.4. The Morgan fingerprint density at radius 2 is 1.81 bits per heavy atom. The van der Waals surface area contributed by atoms with Crippen LogP contribution in [0, 0.1) is 0 Å². The van der Waals surface area contributed by atoms with Crippen LogP contribution in [0.5, 0.6) is 0 Å². The van der Waals surface area contributed by atoms with E-state index in [1.54, 1.807) is 30.7 Å². The van der Waals surface area contributed by atoms with Gasteiger partial charge in [0.15, 0.2) is 0 Å². The lowest BCUT2D eigenvalue weighted by Crippen LogP contribution is -2.26. The predicted molar refractivity (Wildman–Crippen MR) is 95.3 cm³/mol. The number of aromatic nitrogens is 2. The van der Waals surface area contributed by atoms with Crippen LogP contribution in [0.3, 0.4) is 0 Å². The number of nitrogens with one attached hydrogen (secondary N) is 1. The average molecular weight is 373 g/mol. The Morgan fingerprint density at radius 1 is 1.07 bits per heavy atom. The van der Waals surface area contributed by atoms with Gasteiger partial charge in [-0.15, -0.1) is 0 Å². The Labute approximate surface area is 154 Å². The molecule has 0 aliphatic rings. The number of alkyl halides is 3. The van der Waals surface area contributed by atoms with Gasteiger partial charge in [-0.25, -0.2) is 4.98 Å². The van der Waals surface area contributed by atoms with Crippen molar-refractivity contribution in [2.75, 3.05) is 6.54 Å². The van der Waals surface area contributed by atoms with Gasteiger partial charge in [0.05, 0.1) is 11.9 Å². The van der Waals surface area contributed by atoms with Crippen molar-refractivity contribution in [2.24, 2.45) is 0 Å². The molecule has 0 aliphatic carbocycles. The van der Waals surface area contributed by atoms with Crippen LogP contribution in [-0.2, 0) is 19.1 Å². The van der Waals surface area contributed by atoms with Crippen LogP contribution in [0.2, 0.25) is 0 Å². The fourth-order valence-corrected chi connectivity index (χ4v) is 2.78. The van der Waals surface area contributed by atoms with E-state index in [9.17, 15) is 18.0 Å². The Morgan fingerprint density at radius 3 is 2.48 bits per heavy atom. The molecule has 27 heavy (non-hydrogen) atoms. The zero-order valence-corrected chi connectivity index (χ0v) is 14.4. The Kier molecular flexibility index (Phi) is 5.59. The number of halogens is 3. The summed E-state index contributed by atoms with van der Waals surface area (Å²) in [6.07, 6.45) is 0.962. The van der Waals surface area contributed by atoms with Crippen molar-refractivity contribution in [3.8, 4) is 0 Å². The van der Waals surface area contributed by atoms with Gasteiger partial charge < -0.3 is 9.88 Å². The molecule has 0 spiro atoms. The summed E-state index contributed by atoms with van der Waals surface area (Å²) in [6.45, 7) is 0.777. The fourth-order valence-electron chi connectivity index (χ4n) is 2.78. The van der Waals surface area contributed by atoms with Gasteiger partial charge >= 0.3 is 6.18 Å². The molecule has 4 nitrogen and oxygen atoms in total. The average Bonchev–Trinajstić information content (AvgIpc) is 3.15. The molecule has 0 bridgehead atoms. The summed E-state index contributed by atoms with van der Waals surface area (Å²) < 4.78 is 40.8. The van der Waals surface area contributed by atoms with E-state index in [0.717, 1.165) is 11.6 Å². The first kappa shape index (κ1) is 18.7. The Balaban J connectivity index is 1.55. The molecular weight excluding hydrogens is 355 g/mol. The Hall–Kier alpha value is -3.09. The van der Waals surface area contributed by atoms with Gasteiger partial charge in [0.1, 0.15) is 0 Å². The molecule has 1 amide bonds. The van der Waals surface area contributed by atoms with Gasteiger partial charge in [-0.3, -0.25) is 4.79 Å². The third kappa shape index (κ3) is 4.97. The fraction of sp³-hybridized carbons (Fsp3) is 0.200. The molecule has 3 rings (SSSR count). The van der Waals surface area contributed by atoms with E-state index in [1.165, 1.54) is 12.1 Å². The number of benzene rings is 2. The maximum Gasteiger partial charge on any atom is 0.416 e.